The van der Waals surface area contributed by atoms with Gasteiger partial charge in [-0.1, -0.05) is 31.2 Å². The summed E-state index contributed by atoms with van der Waals surface area (Å²) < 4.78 is 23.4. The van der Waals surface area contributed by atoms with E-state index < -0.39 is 5.97 Å². The molecule has 0 amide bonds. The molecule has 136 valence electrons. The third-order valence-corrected chi connectivity index (χ3v) is 3.85. The highest BCUT2D eigenvalue weighted by Crippen LogP contribution is 2.23. The van der Waals surface area contributed by atoms with E-state index in [9.17, 15) is 14.0 Å². The number of esters is 2. The zero-order chi connectivity index (χ0) is 19.2. The molecule has 5 heteroatoms. The summed E-state index contributed by atoms with van der Waals surface area (Å²) in [5, 5.41) is 0. The second kappa shape index (κ2) is 8.27. The molecule has 3 rings (SSSR count). The zero-order valence-electron chi connectivity index (χ0n) is 14.6. The molecule has 3 aromatic carbocycles. The SMILES string of the molecule is CCC(=O)Oc1ccc(C(=O)Oc2ccc(-c3ccc(F)cc3)cc2)cc1. The summed E-state index contributed by atoms with van der Waals surface area (Å²) in [6, 6.07) is 19.3. The minimum atomic E-state index is -0.516. The Labute approximate surface area is 156 Å². The molecule has 0 saturated carbocycles. The van der Waals surface area contributed by atoms with Crippen LogP contribution in [0.25, 0.3) is 11.1 Å². The lowest BCUT2D eigenvalue weighted by Crippen LogP contribution is -2.09. The van der Waals surface area contributed by atoms with Gasteiger partial charge in [0.15, 0.2) is 0 Å². The molecule has 0 radical (unpaired) electrons. The van der Waals surface area contributed by atoms with E-state index in [1.807, 2.05) is 0 Å². The molecule has 27 heavy (non-hydrogen) atoms. The molecular formula is C22H17FO4. The average molecular weight is 364 g/mol. The molecule has 0 saturated heterocycles. The first-order valence-corrected chi connectivity index (χ1v) is 8.44. The van der Waals surface area contributed by atoms with Crippen molar-refractivity contribution in [1.29, 1.82) is 0 Å². The van der Waals surface area contributed by atoms with Gasteiger partial charge in [-0.05, 0) is 59.7 Å². The Morgan fingerprint density at radius 1 is 0.741 bits per heavy atom. The van der Waals surface area contributed by atoms with E-state index in [0.29, 0.717) is 17.1 Å². The van der Waals surface area contributed by atoms with Crippen molar-refractivity contribution in [1.82, 2.24) is 0 Å². The van der Waals surface area contributed by atoms with Gasteiger partial charge in [0.25, 0.3) is 0 Å². The van der Waals surface area contributed by atoms with Crippen molar-refractivity contribution in [2.75, 3.05) is 0 Å². The van der Waals surface area contributed by atoms with Crippen molar-refractivity contribution >= 4 is 11.9 Å². The smallest absolute Gasteiger partial charge is 0.343 e. The Morgan fingerprint density at radius 3 is 1.78 bits per heavy atom. The zero-order valence-corrected chi connectivity index (χ0v) is 14.6. The molecule has 4 nitrogen and oxygen atoms in total. The monoisotopic (exact) mass is 364 g/mol. The second-order valence-electron chi connectivity index (χ2n) is 5.77. The van der Waals surface area contributed by atoms with Gasteiger partial charge in [0.05, 0.1) is 5.56 Å². The second-order valence-corrected chi connectivity index (χ2v) is 5.77. The maximum Gasteiger partial charge on any atom is 0.343 e. The van der Waals surface area contributed by atoms with E-state index >= 15 is 0 Å². The van der Waals surface area contributed by atoms with Crippen LogP contribution in [0.15, 0.2) is 72.8 Å². The first-order chi connectivity index (χ1) is 13.0. The largest absolute Gasteiger partial charge is 0.427 e. The highest BCUT2D eigenvalue weighted by Gasteiger charge is 2.10. The molecule has 0 aliphatic carbocycles. The average Bonchev–Trinajstić information content (AvgIpc) is 2.69. The number of benzene rings is 3. The van der Waals surface area contributed by atoms with Gasteiger partial charge >= 0.3 is 11.9 Å². The van der Waals surface area contributed by atoms with Gasteiger partial charge in [-0.2, -0.15) is 0 Å². The van der Waals surface area contributed by atoms with Crippen LogP contribution in [-0.4, -0.2) is 11.9 Å². The van der Waals surface area contributed by atoms with Crippen molar-refractivity contribution in [2.24, 2.45) is 0 Å². The summed E-state index contributed by atoms with van der Waals surface area (Å²) in [6.07, 6.45) is 0.276. The number of ether oxygens (including phenoxy) is 2. The number of rotatable bonds is 5. The Kier molecular flexibility index (Phi) is 5.61. The van der Waals surface area contributed by atoms with Crippen LogP contribution < -0.4 is 9.47 Å². The van der Waals surface area contributed by atoms with E-state index in [2.05, 4.69) is 0 Å². The summed E-state index contributed by atoms with van der Waals surface area (Å²) in [5.74, 6) is -0.376. The van der Waals surface area contributed by atoms with E-state index in [4.69, 9.17) is 9.47 Å². The first kappa shape index (κ1) is 18.3. The van der Waals surface area contributed by atoms with Crippen molar-refractivity contribution < 1.29 is 23.5 Å². The molecular weight excluding hydrogens is 347 g/mol. The fourth-order valence-electron chi connectivity index (χ4n) is 2.39. The Bertz CT molecular complexity index is 930. The Morgan fingerprint density at radius 2 is 1.22 bits per heavy atom. The lowest BCUT2D eigenvalue weighted by Gasteiger charge is -2.07. The fraction of sp³-hybridized carbons (Fsp3) is 0.0909. The van der Waals surface area contributed by atoms with Crippen molar-refractivity contribution in [3.8, 4) is 22.6 Å². The topological polar surface area (TPSA) is 52.6 Å². The van der Waals surface area contributed by atoms with E-state index in [-0.39, 0.29) is 18.2 Å². The standard InChI is InChI=1S/C22H17FO4/c1-2-21(24)26-19-13-7-17(8-14-19)22(25)27-20-11-5-16(6-12-20)15-3-9-18(23)10-4-15/h3-14H,2H2,1H3. The molecule has 0 heterocycles. The summed E-state index contributed by atoms with van der Waals surface area (Å²) in [6.45, 7) is 1.70. The molecule has 0 aromatic heterocycles. The molecule has 0 unspecified atom stereocenters. The lowest BCUT2D eigenvalue weighted by atomic mass is 10.1. The van der Waals surface area contributed by atoms with Gasteiger partial charge in [-0.25, -0.2) is 9.18 Å². The van der Waals surface area contributed by atoms with Crippen LogP contribution in [0.2, 0.25) is 0 Å². The van der Waals surface area contributed by atoms with Gasteiger partial charge in [-0.15, -0.1) is 0 Å². The molecule has 0 bridgehead atoms. The summed E-state index contributed by atoms with van der Waals surface area (Å²) in [4.78, 5) is 23.5. The molecule has 0 aliphatic rings. The maximum atomic E-state index is 13.0. The van der Waals surface area contributed by atoms with E-state index in [1.165, 1.54) is 24.3 Å². The van der Waals surface area contributed by atoms with E-state index in [1.54, 1.807) is 55.5 Å². The molecule has 0 spiro atoms. The van der Waals surface area contributed by atoms with Crippen LogP contribution >= 0.6 is 0 Å². The van der Waals surface area contributed by atoms with Crippen LogP contribution in [-0.2, 0) is 4.79 Å². The molecule has 0 fully saturated rings. The number of carbonyl (C=O) groups excluding carboxylic acids is 2. The van der Waals surface area contributed by atoms with Gasteiger partial charge in [-0.3, -0.25) is 4.79 Å². The van der Waals surface area contributed by atoms with Gasteiger partial charge in [0.1, 0.15) is 17.3 Å². The minimum absolute atomic E-state index is 0.276. The Hall–Kier alpha value is -3.47. The summed E-state index contributed by atoms with van der Waals surface area (Å²) in [7, 11) is 0. The minimum Gasteiger partial charge on any atom is -0.427 e. The predicted octanol–water partition coefficient (Wildman–Crippen LogP) is 5.03. The molecule has 3 aromatic rings. The molecule has 0 atom stereocenters. The molecule has 0 N–H and O–H groups in total. The van der Waals surface area contributed by atoms with Crippen LogP contribution in [0.1, 0.15) is 23.7 Å². The first-order valence-electron chi connectivity index (χ1n) is 8.44. The summed E-state index contributed by atoms with van der Waals surface area (Å²) >= 11 is 0. The van der Waals surface area contributed by atoms with Gasteiger partial charge in [0, 0.05) is 6.42 Å². The van der Waals surface area contributed by atoms with Crippen LogP contribution in [0, 0.1) is 5.82 Å². The maximum absolute atomic E-state index is 13.0. The highest BCUT2D eigenvalue weighted by atomic mass is 19.1. The third kappa shape index (κ3) is 4.79. The van der Waals surface area contributed by atoms with Gasteiger partial charge < -0.3 is 9.47 Å². The predicted molar refractivity (Wildman–Crippen MR) is 99.2 cm³/mol. The Balaban J connectivity index is 1.65. The van der Waals surface area contributed by atoms with Crippen molar-refractivity contribution in [2.45, 2.75) is 13.3 Å². The third-order valence-electron chi connectivity index (χ3n) is 3.85. The number of halogens is 1. The fourth-order valence-corrected chi connectivity index (χ4v) is 2.39. The van der Waals surface area contributed by atoms with Crippen molar-refractivity contribution in [3.05, 3.63) is 84.2 Å². The highest BCUT2D eigenvalue weighted by molar-refractivity contribution is 5.91. The number of carbonyl (C=O) groups is 2. The number of hydrogen-bond donors (Lipinski definition) is 0. The van der Waals surface area contributed by atoms with Crippen molar-refractivity contribution in [3.63, 3.8) is 0 Å². The van der Waals surface area contributed by atoms with Gasteiger partial charge in [0.2, 0.25) is 0 Å². The lowest BCUT2D eigenvalue weighted by molar-refractivity contribution is -0.134. The summed E-state index contributed by atoms with van der Waals surface area (Å²) in [5.41, 5.74) is 2.09. The number of hydrogen-bond acceptors (Lipinski definition) is 4. The van der Waals surface area contributed by atoms with Crippen LogP contribution in [0.3, 0.4) is 0 Å². The van der Waals surface area contributed by atoms with Crippen LogP contribution in [0.5, 0.6) is 11.5 Å². The quantitative estimate of drug-likeness (QED) is 0.471. The molecule has 0 aliphatic heterocycles. The van der Waals surface area contributed by atoms with Crippen LogP contribution in [0.4, 0.5) is 4.39 Å². The van der Waals surface area contributed by atoms with E-state index in [0.717, 1.165) is 11.1 Å². The normalized spacial score (nSPS) is 10.3.